The Morgan fingerprint density at radius 1 is 1.18 bits per heavy atom. The van der Waals surface area contributed by atoms with Crippen molar-refractivity contribution in [2.24, 2.45) is 0 Å². The van der Waals surface area contributed by atoms with Gasteiger partial charge in [-0.25, -0.2) is 0 Å². The van der Waals surface area contributed by atoms with E-state index >= 15 is 0 Å². The Kier molecular flexibility index (Phi) is 4.76. The Morgan fingerprint density at radius 2 is 1.91 bits per heavy atom. The zero-order chi connectivity index (χ0) is 16.3. The third-order valence-electron chi connectivity index (χ3n) is 3.95. The largest absolute Gasteiger partial charge is 0.381 e. The number of carbonyl (C=O) groups is 1. The van der Waals surface area contributed by atoms with Gasteiger partial charge in [-0.2, -0.15) is 0 Å². The number of rotatable bonds is 4. The lowest BCUT2D eigenvalue weighted by Gasteiger charge is -2.14. The lowest BCUT2D eigenvalue weighted by molar-refractivity contribution is -0.103. The Balaban J connectivity index is 2.70. The standard InChI is InChI=1S/C19H22N2O/c1-13-8-9-17(19-16(13)7-6-10-20-19)18(12-22)14(2)11-15(3)21(4)5/h6-12H,1-5H3/b15-11-,18-14+. The van der Waals surface area contributed by atoms with Gasteiger partial charge in [0.15, 0.2) is 6.29 Å². The molecule has 1 heterocycles. The number of fused-ring (bicyclic) bond motifs is 1. The number of carbonyl (C=O) groups excluding carboxylic acids is 1. The zero-order valence-corrected chi connectivity index (χ0v) is 13.8. The third-order valence-corrected chi connectivity index (χ3v) is 3.95. The van der Waals surface area contributed by atoms with Gasteiger partial charge in [0.2, 0.25) is 0 Å². The number of allylic oxidation sites excluding steroid dienone is 4. The van der Waals surface area contributed by atoms with Gasteiger partial charge in [0, 0.05) is 42.5 Å². The number of hydrogen-bond donors (Lipinski definition) is 0. The fourth-order valence-electron chi connectivity index (χ4n) is 2.42. The molecule has 3 nitrogen and oxygen atoms in total. The number of hydrogen-bond acceptors (Lipinski definition) is 3. The van der Waals surface area contributed by atoms with E-state index in [-0.39, 0.29) is 0 Å². The van der Waals surface area contributed by atoms with Crippen molar-refractivity contribution in [2.75, 3.05) is 14.1 Å². The van der Waals surface area contributed by atoms with Crippen LogP contribution in [0.25, 0.3) is 16.5 Å². The minimum atomic E-state index is 0.685. The van der Waals surface area contributed by atoms with E-state index in [1.54, 1.807) is 6.20 Å². The Labute approximate surface area is 132 Å². The third kappa shape index (κ3) is 3.08. The van der Waals surface area contributed by atoms with Gasteiger partial charge < -0.3 is 4.90 Å². The highest BCUT2D eigenvalue weighted by Gasteiger charge is 2.11. The molecule has 114 valence electrons. The van der Waals surface area contributed by atoms with Gasteiger partial charge in [-0.15, -0.1) is 0 Å². The van der Waals surface area contributed by atoms with Crippen LogP contribution in [0.1, 0.15) is 25.0 Å². The Morgan fingerprint density at radius 3 is 2.55 bits per heavy atom. The van der Waals surface area contributed by atoms with Crippen LogP contribution in [0.5, 0.6) is 0 Å². The maximum absolute atomic E-state index is 11.7. The molecule has 0 radical (unpaired) electrons. The van der Waals surface area contributed by atoms with E-state index in [4.69, 9.17) is 0 Å². The topological polar surface area (TPSA) is 33.2 Å². The minimum Gasteiger partial charge on any atom is -0.381 e. The summed E-state index contributed by atoms with van der Waals surface area (Å²) in [6.07, 6.45) is 4.72. The van der Waals surface area contributed by atoms with E-state index in [0.29, 0.717) is 5.57 Å². The van der Waals surface area contributed by atoms with Gasteiger partial charge in [-0.05, 0) is 44.1 Å². The maximum atomic E-state index is 11.7. The summed E-state index contributed by atoms with van der Waals surface area (Å²) in [5.41, 5.74) is 5.65. The van der Waals surface area contributed by atoms with Crippen molar-refractivity contribution in [1.29, 1.82) is 0 Å². The quantitative estimate of drug-likeness (QED) is 0.486. The summed E-state index contributed by atoms with van der Waals surface area (Å²) in [6.45, 7) is 6.05. The molecule has 1 aromatic carbocycles. The van der Waals surface area contributed by atoms with Crippen LogP contribution in [0.15, 0.2) is 47.8 Å². The van der Waals surface area contributed by atoms with Crippen LogP contribution in [0.3, 0.4) is 0 Å². The molecular weight excluding hydrogens is 272 g/mol. The average molecular weight is 294 g/mol. The van der Waals surface area contributed by atoms with Gasteiger partial charge in [0.25, 0.3) is 0 Å². The molecule has 1 aromatic heterocycles. The van der Waals surface area contributed by atoms with Crippen molar-refractivity contribution in [3.8, 4) is 0 Å². The second-order valence-electron chi connectivity index (χ2n) is 5.72. The van der Waals surface area contributed by atoms with Crippen LogP contribution in [-0.2, 0) is 4.79 Å². The molecular formula is C19H22N2O. The average Bonchev–Trinajstić information content (AvgIpc) is 2.50. The second kappa shape index (κ2) is 6.56. The number of aromatic nitrogens is 1. The van der Waals surface area contributed by atoms with Gasteiger partial charge >= 0.3 is 0 Å². The number of benzene rings is 1. The van der Waals surface area contributed by atoms with Crippen LogP contribution < -0.4 is 0 Å². The molecule has 3 heteroatoms. The van der Waals surface area contributed by atoms with E-state index in [0.717, 1.165) is 39.6 Å². The van der Waals surface area contributed by atoms with E-state index < -0.39 is 0 Å². The lowest BCUT2D eigenvalue weighted by Crippen LogP contribution is -2.08. The highest BCUT2D eigenvalue weighted by atomic mass is 16.1. The molecule has 2 aromatic rings. The molecule has 0 aliphatic heterocycles. The first-order valence-electron chi connectivity index (χ1n) is 7.32. The zero-order valence-electron chi connectivity index (χ0n) is 13.8. The van der Waals surface area contributed by atoms with Gasteiger partial charge in [0.1, 0.15) is 0 Å². The summed E-state index contributed by atoms with van der Waals surface area (Å²) in [4.78, 5) is 18.2. The lowest BCUT2D eigenvalue weighted by atomic mass is 9.96. The monoisotopic (exact) mass is 294 g/mol. The van der Waals surface area contributed by atoms with Crippen molar-refractivity contribution < 1.29 is 4.79 Å². The van der Waals surface area contributed by atoms with Crippen LogP contribution >= 0.6 is 0 Å². The van der Waals surface area contributed by atoms with E-state index in [2.05, 4.69) is 11.9 Å². The second-order valence-corrected chi connectivity index (χ2v) is 5.72. The highest BCUT2D eigenvalue weighted by molar-refractivity contribution is 6.13. The first-order chi connectivity index (χ1) is 10.5. The highest BCUT2D eigenvalue weighted by Crippen LogP contribution is 2.27. The van der Waals surface area contributed by atoms with E-state index in [1.807, 2.05) is 63.2 Å². The minimum absolute atomic E-state index is 0.685. The van der Waals surface area contributed by atoms with Crippen LogP contribution in [0, 0.1) is 6.92 Å². The van der Waals surface area contributed by atoms with Crippen molar-refractivity contribution in [1.82, 2.24) is 9.88 Å². The molecule has 0 aliphatic rings. The molecule has 2 rings (SSSR count). The summed E-state index contributed by atoms with van der Waals surface area (Å²) in [7, 11) is 3.98. The fraction of sp³-hybridized carbons (Fsp3) is 0.263. The first-order valence-corrected chi connectivity index (χ1v) is 7.32. The van der Waals surface area contributed by atoms with Crippen molar-refractivity contribution in [2.45, 2.75) is 20.8 Å². The summed E-state index contributed by atoms with van der Waals surface area (Å²) in [5, 5.41) is 1.08. The summed E-state index contributed by atoms with van der Waals surface area (Å²) < 4.78 is 0. The molecule has 0 spiro atoms. The van der Waals surface area contributed by atoms with Crippen molar-refractivity contribution >= 4 is 22.8 Å². The SMILES string of the molecule is C/C(=C/C(C)=C(\C=O)c1ccc(C)c2cccnc12)N(C)C. The van der Waals surface area contributed by atoms with E-state index in [1.165, 1.54) is 0 Å². The normalized spacial score (nSPS) is 13.0. The molecule has 0 amide bonds. The van der Waals surface area contributed by atoms with Crippen molar-refractivity contribution in [3.63, 3.8) is 0 Å². The molecule has 0 N–H and O–H groups in total. The molecule has 0 atom stereocenters. The smallest absolute Gasteiger partial charge is 0.151 e. The Hall–Kier alpha value is -2.42. The van der Waals surface area contributed by atoms with Gasteiger partial charge in [0.05, 0.1) is 5.52 Å². The Bertz CT molecular complexity index is 770. The summed E-state index contributed by atoms with van der Waals surface area (Å²) >= 11 is 0. The van der Waals surface area contributed by atoms with E-state index in [9.17, 15) is 4.79 Å². The van der Waals surface area contributed by atoms with Gasteiger partial charge in [-0.1, -0.05) is 18.2 Å². The predicted molar refractivity (Wildman–Crippen MR) is 92.6 cm³/mol. The molecule has 0 aliphatic carbocycles. The molecule has 0 fully saturated rings. The molecule has 0 unspecified atom stereocenters. The van der Waals surface area contributed by atoms with Crippen LogP contribution in [0.2, 0.25) is 0 Å². The number of aryl methyl sites for hydroxylation is 1. The fourth-order valence-corrected chi connectivity index (χ4v) is 2.42. The molecule has 0 bridgehead atoms. The number of pyridine rings is 1. The summed E-state index contributed by atoms with van der Waals surface area (Å²) in [5.74, 6) is 0. The molecule has 0 saturated heterocycles. The predicted octanol–water partition coefficient (Wildman–Crippen LogP) is 3.98. The first kappa shape index (κ1) is 16.0. The van der Waals surface area contributed by atoms with Crippen LogP contribution in [0.4, 0.5) is 0 Å². The van der Waals surface area contributed by atoms with Crippen LogP contribution in [-0.4, -0.2) is 30.3 Å². The number of aldehydes is 1. The number of nitrogens with zero attached hydrogens (tertiary/aromatic N) is 2. The molecule has 0 saturated carbocycles. The maximum Gasteiger partial charge on any atom is 0.151 e. The van der Waals surface area contributed by atoms with Crippen molar-refractivity contribution in [3.05, 3.63) is 58.9 Å². The summed E-state index contributed by atoms with van der Waals surface area (Å²) in [6, 6.07) is 7.99. The van der Waals surface area contributed by atoms with Gasteiger partial charge in [-0.3, -0.25) is 9.78 Å². The molecule has 22 heavy (non-hydrogen) atoms.